The zero-order chi connectivity index (χ0) is 7.68. The summed E-state index contributed by atoms with van der Waals surface area (Å²) in [7, 11) is 2.09. The van der Waals surface area contributed by atoms with Crippen molar-refractivity contribution in [2.24, 2.45) is 0 Å². The Morgan fingerprint density at radius 3 is 3.18 bits per heavy atom. The zero-order valence-corrected chi connectivity index (χ0v) is 6.53. The minimum Gasteiger partial charge on any atom is -0.338 e. The lowest BCUT2D eigenvalue weighted by atomic mass is 10.2. The monoisotopic (exact) mass is 153 g/mol. The molecule has 11 heavy (non-hydrogen) atoms. The van der Waals surface area contributed by atoms with Crippen LogP contribution in [0.25, 0.3) is 0 Å². The van der Waals surface area contributed by atoms with Gasteiger partial charge in [-0.3, -0.25) is 4.90 Å². The van der Waals surface area contributed by atoms with Crippen LogP contribution in [0.5, 0.6) is 0 Å². The van der Waals surface area contributed by atoms with Crippen LogP contribution in [0.15, 0.2) is 10.9 Å². The summed E-state index contributed by atoms with van der Waals surface area (Å²) in [5.41, 5.74) is 0. The fraction of sp³-hybridized carbons (Fsp3) is 0.714. The molecule has 0 saturated carbocycles. The minimum atomic E-state index is 0.359. The molecule has 0 aromatic carbocycles. The van der Waals surface area contributed by atoms with Gasteiger partial charge in [-0.1, -0.05) is 5.16 Å². The zero-order valence-electron chi connectivity index (χ0n) is 6.53. The fourth-order valence-electron chi connectivity index (χ4n) is 1.55. The van der Waals surface area contributed by atoms with E-state index in [9.17, 15) is 0 Å². The summed E-state index contributed by atoms with van der Waals surface area (Å²) in [4.78, 5) is 6.27. The Balaban J connectivity index is 2.16. The first-order valence-electron chi connectivity index (χ1n) is 3.85. The largest absolute Gasteiger partial charge is 0.338 e. The standard InChI is InChI=1S/C7H11N3O/c1-10-4-2-3-6(10)7-8-5-9-11-7/h5-6H,2-4H2,1H3/t6-/m1/s1. The van der Waals surface area contributed by atoms with E-state index in [0.29, 0.717) is 6.04 Å². The highest BCUT2D eigenvalue weighted by molar-refractivity contribution is 4.91. The molecular formula is C7H11N3O. The highest BCUT2D eigenvalue weighted by Crippen LogP contribution is 2.28. The summed E-state index contributed by atoms with van der Waals surface area (Å²) in [5, 5.41) is 3.59. The Bertz CT molecular complexity index is 222. The lowest BCUT2D eigenvalue weighted by Crippen LogP contribution is -2.17. The van der Waals surface area contributed by atoms with E-state index in [1.807, 2.05) is 0 Å². The van der Waals surface area contributed by atoms with Crippen LogP contribution in [0, 0.1) is 0 Å². The van der Waals surface area contributed by atoms with Crippen LogP contribution in [0.3, 0.4) is 0 Å². The van der Waals surface area contributed by atoms with Gasteiger partial charge in [-0.05, 0) is 26.4 Å². The van der Waals surface area contributed by atoms with Crippen LogP contribution in [0.4, 0.5) is 0 Å². The first-order chi connectivity index (χ1) is 5.38. The van der Waals surface area contributed by atoms with Gasteiger partial charge in [-0.15, -0.1) is 0 Å². The van der Waals surface area contributed by atoms with Gasteiger partial charge in [0.25, 0.3) is 0 Å². The molecule has 2 heterocycles. The van der Waals surface area contributed by atoms with Gasteiger partial charge in [0, 0.05) is 0 Å². The van der Waals surface area contributed by atoms with Crippen molar-refractivity contribution in [2.75, 3.05) is 13.6 Å². The average molecular weight is 153 g/mol. The van der Waals surface area contributed by atoms with Crippen LogP contribution in [-0.2, 0) is 0 Å². The topological polar surface area (TPSA) is 42.2 Å². The van der Waals surface area contributed by atoms with Crippen LogP contribution < -0.4 is 0 Å². The van der Waals surface area contributed by atoms with E-state index < -0.39 is 0 Å². The Labute approximate surface area is 65.2 Å². The van der Waals surface area contributed by atoms with Gasteiger partial charge in [0.1, 0.15) is 0 Å². The molecule has 1 fully saturated rings. The predicted molar refractivity (Wildman–Crippen MR) is 38.9 cm³/mol. The quantitative estimate of drug-likeness (QED) is 0.599. The Morgan fingerprint density at radius 1 is 1.73 bits per heavy atom. The van der Waals surface area contributed by atoms with Crippen LogP contribution >= 0.6 is 0 Å². The van der Waals surface area contributed by atoms with Gasteiger partial charge >= 0.3 is 0 Å². The molecule has 1 saturated heterocycles. The lowest BCUT2D eigenvalue weighted by molar-refractivity contribution is 0.244. The van der Waals surface area contributed by atoms with Crippen molar-refractivity contribution in [2.45, 2.75) is 18.9 Å². The minimum absolute atomic E-state index is 0.359. The highest BCUT2D eigenvalue weighted by Gasteiger charge is 2.26. The summed E-state index contributed by atoms with van der Waals surface area (Å²) >= 11 is 0. The second kappa shape index (κ2) is 2.62. The number of aromatic nitrogens is 2. The van der Waals surface area contributed by atoms with Gasteiger partial charge in [0.2, 0.25) is 5.89 Å². The van der Waals surface area contributed by atoms with Crippen molar-refractivity contribution in [3.63, 3.8) is 0 Å². The van der Waals surface area contributed by atoms with Crippen molar-refractivity contribution in [3.05, 3.63) is 12.2 Å². The molecule has 0 unspecified atom stereocenters. The summed E-state index contributed by atoms with van der Waals surface area (Å²) in [6, 6.07) is 0.359. The molecule has 1 atom stereocenters. The maximum Gasteiger partial charge on any atom is 0.243 e. The molecule has 0 amide bonds. The summed E-state index contributed by atoms with van der Waals surface area (Å²) in [5.74, 6) is 0.755. The molecule has 0 N–H and O–H groups in total. The molecular weight excluding hydrogens is 142 g/mol. The van der Waals surface area contributed by atoms with E-state index in [1.165, 1.54) is 12.7 Å². The van der Waals surface area contributed by atoms with E-state index in [1.54, 1.807) is 0 Å². The average Bonchev–Trinajstić information content (AvgIpc) is 2.55. The van der Waals surface area contributed by atoms with Gasteiger partial charge in [0.05, 0.1) is 6.04 Å². The maximum atomic E-state index is 4.99. The Morgan fingerprint density at radius 2 is 2.64 bits per heavy atom. The van der Waals surface area contributed by atoms with E-state index in [0.717, 1.165) is 18.9 Å². The molecule has 1 aromatic heterocycles. The molecule has 0 bridgehead atoms. The molecule has 4 heteroatoms. The number of likely N-dealkylation sites (tertiary alicyclic amines) is 1. The maximum absolute atomic E-state index is 4.99. The first-order valence-corrected chi connectivity index (χ1v) is 3.85. The van der Waals surface area contributed by atoms with E-state index in [4.69, 9.17) is 4.52 Å². The summed E-state index contributed by atoms with van der Waals surface area (Å²) in [6.07, 6.45) is 3.82. The first kappa shape index (κ1) is 6.79. The number of hydrogen-bond donors (Lipinski definition) is 0. The van der Waals surface area contributed by atoms with Crippen molar-refractivity contribution >= 4 is 0 Å². The number of nitrogens with zero attached hydrogens (tertiary/aromatic N) is 3. The SMILES string of the molecule is CN1CCC[C@@H]1c1ncno1. The van der Waals surface area contributed by atoms with E-state index in [2.05, 4.69) is 22.1 Å². The van der Waals surface area contributed by atoms with Crippen LogP contribution in [0.1, 0.15) is 24.8 Å². The summed E-state index contributed by atoms with van der Waals surface area (Å²) in [6.45, 7) is 1.13. The molecule has 1 aliphatic heterocycles. The third-order valence-electron chi connectivity index (χ3n) is 2.18. The number of hydrogen-bond acceptors (Lipinski definition) is 4. The molecule has 0 aliphatic carbocycles. The van der Waals surface area contributed by atoms with Gasteiger partial charge in [-0.25, -0.2) is 0 Å². The second-order valence-corrected chi connectivity index (χ2v) is 2.92. The molecule has 1 aromatic rings. The lowest BCUT2D eigenvalue weighted by Gasteiger charge is -2.13. The third kappa shape index (κ3) is 1.14. The van der Waals surface area contributed by atoms with Crippen molar-refractivity contribution in [1.29, 1.82) is 0 Å². The van der Waals surface area contributed by atoms with E-state index in [-0.39, 0.29) is 0 Å². The van der Waals surface area contributed by atoms with Gasteiger partial charge in [0.15, 0.2) is 6.33 Å². The molecule has 0 radical (unpaired) electrons. The second-order valence-electron chi connectivity index (χ2n) is 2.92. The molecule has 2 rings (SSSR count). The molecule has 60 valence electrons. The smallest absolute Gasteiger partial charge is 0.243 e. The van der Waals surface area contributed by atoms with Crippen LogP contribution in [-0.4, -0.2) is 28.6 Å². The van der Waals surface area contributed by atoms with E-state index >= 15 is 0 Å². The summed E-state index contributed by atoms with van der Waals surface area (Å²) < 4.78 is 4.99. The molecule has 1 aliphatic rings. The van der Waals surface area contributed by atoms with Crippen molar-refractivity contribution in [3.8, 4) is 0 Å². The van der Waals surface area contributed by atoms with Crippen molar-refractivity contribution in [1.82, 2.24) is 15.0 Å². The molecule has 4 nitrogen and oxygen atoms in total. The predicted octanol–water partition coefficient (Wildman–Crippen LogP) is 0.836. The Kier molecular flexibility index (Phi) is 1.62. The molecule has 0 spiro atoms. The highest BCUT2D eigenvalue weighted by atomic mass is 16.5. The van der Waals surface area contributed by atoms with Crippen LogP contribution in [0.2, 0.25) is 0 Å². The third-order valence-corrected chi connectivity index (χ3v) is 2.18. The van der Waals surface area contributed by atoms with Gasteiger partial charge < -0.3 is 4.52 Å². The fourth-order valence-corrected chi connectivity index (χ4v) is 1.55. The normalized spacial score (nSPS) is 26.1. The number of rotatable bonds is 1. The Hall–Kier alpha value is -0.900. The van der Waals surface area contributed by atoms with Crippen molar-refractivity contribution < 1.29 is 4.52 Å². The van der Waals surface area contributed by atoms with Gasteiger partial charge in [-0.2, -0.15) is 4.98 Å².